The third-order valence-corrected chi connectivity index (χ3v) is 1.90. The van der Waals surface area contributed by atoms with E-state index in [4.69, 9.17) is 4.74 Å². The average Bonchev–Trinajstić information content (AvgIpc) is 2.30. The zero-order chi connectivity index (χ0) is 7.56. The molecule has 0 bridgehead atoms. The number of hydrogen-bond donors (Lipinski definition) is 0. The Morgan fingerprint density at radius 1 is 1.80 bits per heavy atom. The van der Waals surface area contributed by atoms with Crippen LogP contribution in [-0.2, 0) is 6.54 Å². The summed E-state index contributed by atoms with van der Waals surface area (Å²) in [5, 5.41) is 0. The number of hydrogen-bond acceptors (Lipinski definition) is 2. The van der Waals surface area contributed by atoms with Crippen LogP contribution in [0.2, 0.25) is 0 Å². The normalized spacial score (nSPS) is 9.90. The molecule has 0 aromatic carbocycles. The van der Waals surface area contributed by atoms with E-state index in [1.54, 1.807) is 13.3 Å². The highest BCUT2D eigenvalue weighted by molar-refractivity contribution is 9.10. The van der Waals surface area contributed by atoms with Gasteiger partial charge in [0.2, 0.25) is 0 Å². The van der Waals surface area contributed by atoms with Crippen LogP contribution in [0.3, 0.4) is 0 Å². The van der Waals surface area contributed by atoms with E-state index in [1.807, 2.05) is 11.5 Å². The van der Waals surface area contributed by atoms with E-state index in [2.05, 4.69) is 20.9 Å². The van der Waals surface area contributed by atoms with E-state index in [9.17, 15) is 0 Å². The Balaban J connectivity index is 3.01. The molecule has 1 heterocycles. The number of rotatable bonds is 2. The van der Waals surface area contributed by atoms with Crippen molar-refractivity contribution in [1.29, 1.82) is 0 Å². The monoisotopic (exact) mass is 204 g/mol. The molecular weight excluding hydrogens is 196 g/mol. The van der Waals surface area contributed by atoms with E-state index in [-0.39, 0.29) is 0 Å². The molecule has 4 heteroatoms. The van der Waals surface area contributed by atoms with Crippen LogP contribution >= 0.6 is 15.9 Å². The first kappa shape index (κ1) is 7.60. The Bertz CT molecular complexity index is 222. The van der Waals surface area contributed by atoms with Crippen molar-refractivity contribution in [3.05, 3.63) is 10.8 Å². The Morgan fingerprint density at radius 2 is 2.50 bits per heavy atom. The first-order valence-electron chi connectivity index (χ1n) is 3.04. The fourth-order valence-corrected chi connectivity index (χ4v) is 1.29. The summed E-state index contributed by atoms with van der Waals surface area (Å²) in [6, 6.07) is 0.648. The predicted molar refractivity (Wildman–Crippen MR) is 42.2 cm³/mol. The lowest BCUT2D eigenvalue weighted by Crippen LogP contribution is -1.98. The fourth-order valence-electron chi connectivity index (χ4n) is 0.788. The standard InChI is InChI=1S/C6H9BrN2O/c1-3-9-5(7)4-8-6(9)10-2/h4H,3H2,1-2H3. The van der Waals surface area contributed by atoms with Crippen LogP contribution in [-0.4, -0.2) is 16.7 Å². The second kappa shape index (κ2) is 3.05. The maximum absolute atomic E-state index is 4.98. The van der Waals surface area contributed by atoms with Crippen LogP contribution < -0.4 is 4.74 Å². The second-order valence-electron chi connectivity index (χ2n) is 1.81. The summed E-state index contributed by atoms with van der Waals surface area (Å²) in [4.78, 5) is 4.00. The average molecular weight is 205 g/mol. The minimum Gasteiger partial charge on any atom is -0.468 e. The van der Waals surface area contributed by atoms with Gasteiger partial charge < -0.3 is 4.74 Å². The highest BCUT2D eigenvalue weighted by Crippen LogP contribution is 2.16. The van der Waals surface area contributed by atoms with Crippen LogP contribution in [0.25, 0.3) is 0 Å². The molecule has 10 heavy (non-hydrogen) atoms. The van der Waals surface area contributed by atoms with Gasteiger partial charge in [-0.3, -0.25) is 4.57 Å². The quantitative estimate of drug-likeness (QED) is 0.734. The topological polar surface area (TPSA) is 27.1 Å². The number of methoxy groups -OCH3 is 1. The SMILES string of the molecule is CCn1c(Br)cnc1OC. The number of halogens is 1. The van der Waals surface area contributed by atoms with Crippen molar-refractivity contribution in [2.45, 2.75) is 13.5 Å². The highest BCUT2D eigenvalue weighted by atomic mass is 79.9. The zero-order valence-corrected chi connectivity index (χ0v) is 7.55. The summed E-state index contributed by atoms with van der Waals surface area (Å²) in [5.41, 5.74) is 0. The van der Waals surface area contributed by atoms with Gasteiger partial charge in [-0.1, -0.05) is 0 Å². The summed E-state index contributed by atoms with van der Waals surface area (Å²) < 4.78 is 7.86. The van der Waals surface area contributed by atoms with Gasteiger partial charge in [-0.2, -0.15) is 0 Å². The Morgan fingerprint density at radius 3 is 2.90 bits per heavy atom. The Kier molecular flexibility index (Phi) is 2.32. The van der Waals surface area contributed by atoms with E-state index in [1.165, 1.54) is 0 Å². The van der Waals surface area contributed by atoms with Crippen molar-refractivity contribution >= 4 is 15.9 Å². The predicted octanol–water partition coefficient (Wildman–Crippen LogP) is 1.67. The molecule has 0 saturated heterocycles. The molecule has 0 fully saturated rings. The number of imidazole rings is 1. The summed E-state index contributed by atoms with van der Waals surface area (Å²) in [7, 11) is 1.61. The molecule has 0 aliphatic rings. The third-order valence-electron chi connectivity index (χ3n) is 1.27. The van der Waals surface area contributed by atoms with Crippen molar-refractivity contribution in [2.75, 3.05) is 7.11 Å². The van der Waals surface area contributed by atoms with E-state index in [0.717, 1.165) is 11.1 Å². The number of ether oxygens (including phenoxy) is 1. The molecule has 0 atom stereocenters. The highest BCUT2D eigenvalue weighted by Gasteiger charge is 2.03. The Labute approximate surface area is 68.1 Å². The number of aromatic nitrogens is 2. The largest absolute Gasteiger partial charge is 0.468 e. The van der Waals surface area contributed by atoms with Crippen LogP contribution in [0.15, 0.2) is 10.8 Å². The molecule has 0 amide bonds. The molecule has 0 aliphatic carbocycles. The molecule has 0 unspecified atom stereocenters. The molecule has 56 valence electrons. The van der Waals surface area contributed by atoms with E-state index in [0.29, 0.717) is 6.01 Å². The van der Waals surface area contributed by atoms with Crippen molar-refractivity contribution < 1.29 is 4.74 Å². The van der Waals surface area contributed by atoms with Gasteiger partial charge in [0.1, 0.15) is 4.60 Å². The first-order chi connectivity index (χ1) is 4.79. The summed E-state index contributed by atoms with van der Waals surface area (Å²) in [5.74, 6) is 0. The van der Waals surface area contributed by atoms with Gasteiger partial charge in [-0.25, -0.2) is 4.98 Å². The van der Waals surface area contributed by atoms with Gasteiger partial charge in [0.05, 0.1) is 13.3 Å². The van der Waals surface area contributed by atoms with Crippen molar-refractivity contribution in [3.63, 3.8) is 0 Å². The van der Waals surface area contributed by atoms with Gasteiger partial charge in [0.25, 0.3) is 6.01 Å². The van der Waals surface area contributed by atoms with Crippen LogP contribution in [0.4, 0.5) is 0 Å². The van der Waals surface area contributed by atoms with Gasteiger partial charge in [-0.15, -0.1) is 0 Å². The molecule has 0 N–H and O–H groups in total. The minimum atomic E-state index is 0.648. The van der Waals surface area contributed by atoms with Crippen molar-refractivity contribution in [3.8, 4) is 6.01 Å². The molecule has 1 aromatic heterocycles. The lowest BCUT2D eigenvalue weighted by Gasteiger charge is -2.02. The van der Waals surface area contributed by atoms with Crippen LogP contribution in [0.1, 0.15) is 6.92 Å². The third kappa shape index (κ3) is 1.16. The summed E-state index contributed by atoms with van der Waals surface area (Å²) in [6.45, 7) is 2.90. The molecule has 0 saturated carbocycles. The van der Waals surface area contributed by atoms with E-state index < -0.39 is 0 Å². The molecular formula is C6H9BrN2O. The van der Waals surface area contributed by atoms with Crippen molar-refractivity contribution in [2.24, 2.45) is 0 Å². The van der Waals surface area contributed by atoms with Crippen LogP contribution in [0, 0.1) is 0 Å². The zero-order valence-electron chi connectivity index (χ0n) is 5.97. The molecule has 0 radical (unpaired) electrons. The minimum absolute atomic E-state index is 0.648. The lowest BCUT2D eigenvalue weighted by atomic mass is 10.7. The van der Waals surface area contributed by atoms with Crippen molar-refractivity contribution in [1.82, 2.24) is 9.55 Å². The Hall–Kier alpha value is -0.510. The molecule has 1 aromatic rings. The maximum Gasteiger partial charge on any atom is 0.296 e. The number of nitrogens with zero attached hydrogens (tertiary/aromatic N) is 2. The summed E-state index contributed by atoms with van der Waals surface area (Å²) >= 11 is 3.34. The van der Waals surface area contributed by atoms with E-state index >= 15 is 0 Å². The van der Waals surface area contributed by atoms with Crippen LogP contribution in [0.5, 0.6) is 6.01 Å². The first-order valence-corrected chi connectivity index (χ1v) is 3.84. The maximum atomic E-state index is 4.98. The molecule has 0 spiro atoms. The van der Waals surface area contributed by atoms with Gasteiger partial charge >= 0.3 is 0 Å². The molecule has 1 rings (SSSR count). The van der Waals surface area contributed by atoms with Gasteiger partial charge in [-0.05, 0) is 22.9 Å². The summed E-state index contributed by atoms with van der Waals surface area (Å²) in [6.07, 6.45) is 1.72. The lowest BCUT2D eigenvalue weighted by molar-refractivity contribution is 0.358. The van der Waals surface area contributed by atoms with Gasteiger partial charge in [0.15, 0.2) is 0 Å². The fraction of sp³-hybridized carbons (Fsp3) is 0.500. The molecule has 0 aliphatic heterocycles. The smallest absolute Gasteiger partial charge is 0.296 e. The second-order valence-corrected chi connectivity index (χ2v) is 2.62. The molecule has 3 nitrogen and oxygen atoms in total. The van der Waals surface area contributed by atoms with Gasteiger partial charge in [0, 0.05) is 6.54 Å².